The Morgan fingerprint density at radius 3 is 2.41 bits per heavy atom. The zero-order chi connectivity index (χ0) is 12.8. The Balaban J connectivity index is 2.78. The molecule has 0 unspecified atom stereocenters. The first kappa shape index (κ1) is 11.9. The first-order valence-corrected chi connectivity index (χ1v) is 7.00. The Hall–Kier alpha value is -1.62. The maximum atomic E-state index is 11.5. The number of rotatable bonds is 2. The summed E-state index contributed by atoms with van der Waals surface area (Å²) in [5.74, 6) is -0.0374. The molecule has 5 heteroatoms. The number of benzene rings is 1. The van der Waals surface area contributed by atoms with Gasteiger partial charge in [0.2, 0.25) is 0 Å². The third kappa shape index (κ3) is 1.98. The maximum absolute atomic E-state index is 11.5. The number of aromatic nitrogens is 1. The number of hydrogen-bond acceptors (Lipinski definition) is 3. The lowest BCUT2D eigenvalue weighted by atomic mass is 10.2. The smallest absolute Gasteiger partial charge is 0.176 e. The standard InChI is InChI=1S/C12H13NO3S/c1-8(14)11-6-9-4-5-10(17(3,15)16)7-12(9)13(11)2/h4-7H,1-3H3. The fourth-order valence-corrected chi connectivity index (χ4v) is 2.52. The van der Waals surface area contributed by atoms with E-state index in [1.54, 1.807) is 35.9 Å². The Kier molecular flexibility index (Phi) is 2.58. The van der Waals surface area contributed by atoms with E-state index in [1.165, 1.54) is 13.2 Å². The molecule has 0 aliphatic heterocycles. The van der Waals surface area contributed by atoms with Gasteiger partial charge in [0.15, 0.2) is 15.6 Å². The van der Waals surface area contributed by atoms with Crippen LogP contribution in [0.1, 0.15) is 17.4 Å². The van der Waals surface area contributed by atoms with Crippen LogP contribution in [-0.4, -0.2) is 25.0 Å². The summed E-state index contributed by atoms with van der Waals surface area (Å²) < 4.78 is 24.6. The molecule has 0 radical (unpaired) electrons. The van der Waals surface area contributed by atoms with Gasteiger partial charge in [-0.3, -0.25) is 4.79 Å². The minimum atomic E-state index is -3.22. The van der Waals surface area contributed by atoms with Crippen molar-refractivity contribution in [3.8, 4) is 0 Å². The lowest BCUT2D eigenvalue weighted by molar-refractivity contribution is 0.101. The van der Waals surface area contributed by atoms with Crippen molar-refractivity contribution >= 4 is 26.5 Å². The molecule has 0 aliphatic carbocycles. The monoisotopic (exact) mass is 251 g/mol. The highest BCUT2D eigenvalue weighted by Gasteiger charge is 2.13. The predicted molar refractivity (Wildman–Crippen MR) is 66.0 cm³/mol. The van der Waals surface area contributed by atoms with Crippen LogP contribution in [0.3, 0.4) is 0 Å². The average Bonchev–Trinajstić information content (AvgIpc) is 2.54. The molecule has 17 heavy (non-hydrogen) atoms. The second-order valence-corrected chi connectivity index (χ2v) is 6.15. The molecule has 90 valence electrons. The molecule has 2 aromatic rings. The predicted octanol–water partition coefficient (Wildman–Crippen LogP) is 1.78. The largest absolute Gasteiger partial charge is 0.341 e. The number of Topliss-reactive ketones (excluding diaryl/α,β-unsaturated/α-hetero) is 1. The van der Waals surface area contributed by atoms with E-state index in [0.29, 0.717) is 5.69 Å². The number of hydrogen-bond donors (Lipinski definition) is 0. The molecule has 0 bridgehead atoms. The summed E-state index contributed by atoms with van der Waals surface area (Å²) in [6.07, 6.45) is 1.17. The summed E-state index contributed by atoms with van der Waals surface area (Å²) in [4.78, 5) is 11.6. The van der Waals surface area contributed by atoms with E-state index in [-0.39, 0.29) is 10.7 Å². The van der Waals surface area contributed by atoms with Gasteiger partial charge < -0.3 is 4.57 Å². The van der Waals surface area contributed by atoms with Gasteiger partial charge in [0.25, 0.3) is 0 Å². The van der Waals surface area contributed by atoms with E-state index in [0.717, 1.165) is 10.9 Å². The lowest BCUT2D eigenvalue weighted by Crippen LogP contribution is -2.01. The van der Waals surface area contributed by atoms with Crippen molar-refractivity contribution in [1.82, 2.24) is 4.57 Å². The van der Waals surface area contributed by atoms with E-state index in [1.807, 2.05) is 0 Å². The molecule has 0 N–H and O–H groups in total. The number of carbonyl (C=O) groups is 1. The molecule has 0 atom stereocenters. The fourth-order valence-electron chi connectivity index (χ4n) is 1.88. The van der Waals surface area contributed by atoms with E-state index >= 15 is 0 Å². The van der Waals surface area contributed by atoms with E-state index in [2.05, 4.69) is 0 Å². The van der Waals surface area contributed by atoms with Crippen LogP contribution in [0.25, 0.3) is 10.9 Å². The number of nitrogens with zero attached hydrogens (tertiary/aromatic N) is 1. The van der Waals surface area contributed by atoms with Crippen LogP contribution in [0.4, 0.5) is 0 Å². The van der Waals surface area contributed by atoms with Crippen LogP contribution in [0.5, 0.6) is 0 Å². The SMILES string of the molecule is CC(=O)c1cc2ccc(S(C)(=O)=O)cc2n1C. The van der Waals surface area contributed by atoms with Crippen molar-refractivity contribution in [2.24, 2.45) is 7.05 Å². The first-order chi connectivity index (χ1) is 7.80. The molecule has 0 fully saturated rings. The van der Waals surface area contributed by atoms with Crippen molar-refractivity contribution in [1.29, 1.82) is 0 Å². The van der Waals surface area contributed by atoms with E-state index in [4.69, 9.17) is 0 Å². The van der Waals surface area contributed by atoms with Crippen LogP contribution < -0.4 is 0 Å². The molecule has 4 nitrogen and oxygen atoms in total. The van der Waals surface area contributed by atoms with Crippen LogP contribution in [0.15, 0.2) is 29.2 Å². The van der Waals surface area contributed by atoms with Crippen molar-refractivity contribution in [3.05, 3.63) is 30.0 Å². The van der Waals surface area contributed by atoms with Gasteiger partial charge in [-0.1, -0.05) is 6.07 Å². The van der Waals surface area contributed by atoms with Gasteiger partial charge in [-0.25, -0.2) is 8.42 Å². The van der Waals surface area contributed by atoms with Crippen LogP contribution in [0, 0.1) is 0 Å². The molecule has 1 heterocycles. The molecule has 1 aromatic heterocycles. The van der Waals surface area contributed by atoms with E-state index < -0.39 is 9.84 Å². The molecule has 0 aliphatic rings. The number of aryl methyl sites for hydroxylation is 1. The number of ketones is 1. The molecular weight excluding hydrogens is 238 g/mol. The van der Waals surface area contributed by atoms with Gasteiger partial charge >= 0.3 is 0 Å². The lowest BCUT2D eigenvalue weighted by Gasteiger charge is -2.02. The van der Waals surface area contributed by atoms with Crippen LogP contribution in [-0.2, 0) is 16.9 Å². The fraction of sp³-hybridized carbons (Fsp3) is 0.250. The number of carbonyl (C=O) groups excluding carboxylic acids is 1. The third-order valence-corrected chi connectivity index (χ3v) is 3.92. The maximum Gasteiger partial charge on any atom is 0.176 e. The molecule has 0 spiro atoms. The van der Waals surface area contributed by atoms with Crippen molar-refractivity contribution in [2.75, 3.05) is 6.26 Å². The van der Waals surface area contributed by atoms with Gasteiger partial charge in [0, 0.05) is 31.1 Å². The Labute approximate surface area is 99.8 Å². The summed E-state index contributed by atoms with van der Waals surface area (Å²) in [6.45, 7) is 1.49. The Morgan fingerprint density at radius 2 is 1.88 bits per heavy atom. The summed E-state index contributed by atoms with van der Waals surface area (Å²) in [5.41, 5.74) is 1.32. The summed E-state index contributed by atoms with van der Waals surface area (Å²) >= 11 is 0. The average molecular weight is 251 g/mol. The molecule has 1 aromatic carbocycles. The minimum absolute atomic E-state index is 0.0374. The Bertz CT molecular complexity index is 711. The van der Waals surface area contributed by atoms with Gasteiger partial charge in [-0.2, -0.15) is 0 Å². The van der Waals surface area contributed by atoms with E-state index in [9.17, 15) is 13.2 Å². The molecule has 0 amide bonds. The molecular formula is C12H13NO3S. The first-order valence-electron chi connectivity index (χ1n) is 5.11. The zero-order valence-electron chi connectivity index (χ0n) is 9.89. The van der Waals surface area contributed by atoms with Gasteiger partial charge in [-0.05, 0) is 18.2 Å². The molecule has 2 rings (SSSR count). The highest BCUT2D eigenvalue weighted by atomic mass is 32.2. The summed E-state index contributed by atoms with van der Waals surface area (Å²) in [5, 5.41) is 0.866. The second-order valence-electron chi connectivity index (χ2n) is 4.14. The van der Waals surface area contributed by atoms with Gasteiger partial charge in [-0.15, -0.1) is 0 Å². The quantitative estimate of drug-likeness (QED) is 0.764. The molecule has 0 saturated heterocycles. The van der Waals surface area contributed by atoms with Crippen molar-refractivity contribution in [2.45, 2.75) is 11.8 Å². The highest BCUT2D eigenvalue weighted by molar-refractivity contribution is 7.90. The van der Waals surface area contributed by atoms with Gasteiger partial charge in [0.1, 0.15) is 0 Å². The van der Waals surface area contributed by atoms with Crippen LogP contribution >= 0.6 is 0 Å². The number of fused-ring (bicyclic) bond motifs is 1. The van der Waals surface area contributed by atoms with Crippen LogP contribution in [0.2, 0.25) is 0 Å². The molecule has 0 saturated carbocycles. The second kappa shape index (κ2) is 3.70. The Morgan fingerprint density at radius 1 is 1.24 bits per heavy atom. The zero-order valence-corrected chi connectivity index (χ0v) is 10.7. The summed E-state index contributed by atoms with van der Waals surface area (Å²) in [6, 6.07) is 6.64. The summed E-state index contributed by atoms with van der Waals surface area (Å²) in [7, 11) is -1.47. The third-order valence-electron chi connectivity index (χ3n) is 2.81. The topological polar surface area (TPSA) is 56.1 Å². The minimum Gasteiger partial charge on any atom is -0.341 e. The highest BCUT2D eigenvalue weighted by Crippen LogP contribution is 2.22. The van der Waals surface area contributed by atoms with Crippen molar-refractivity contribution < 1.29 is 13.2 Å². The number of sulfone groups is 1. The van der Waals surface area contributed by atoms with Crippen molar-refractivity contribution in [3.63, 3.8) is 0 Å². The van der Waals surface area contributed by atoms with Gasteiger partial charge in [0.05, 0.1) is 10.6 Å². The normalized spacial score (nSPS) is 11.9.